The van der Waals surface area contributed by atoms with Gasteiger partial charge in [0.1, 0.15) is 0 Å². The van der Waals surface area contributed by atoms with E-state index in [-0.39, 0.29) is 24.4 Å². The maximum Gasteiger partial charge on any atom is 0.224 e. The average molecular weight is 301 g/mol. The Morgan fingerprint density at radius 2 is 2.20 bits per heavy atom. The lowest BCUT2D eigenvalue weighted by Crippen LogP contribution is -2.35. The molecule has 1 amide bonds. The zero-order valence-corrected chi connectivity index (χ0v) is 13.1. The summed E-state index contributed by atoms with van der Waals surface area (Å²) in [4.78, 5) is 12.1. The Labute approximate surface area is 126 Å². The van der Waals surface area contributed by atoms with Crippen LogP contribution in [0.15, 0.2) is 6.20 Å². The summed E-state index contributed by atoms with van der Waals surface area (Å²) in [5.41, 5.74) is 7.85. The lowest BCUT2D eigenvalue weighted by Gasteiger charge is -2.27. The van der Waals surface area contributed by atoms with E-state index in [2.05, 4.69) is 10.4 Å². The molecule has 0 saturated heterocycles. The van der Waals surface area contributed by atoms with Crippen molar-refractivity contribution in [1.29, 1.82) is 0 Å². The first kappa shape index (κ1) is 17.0. The Bertz CT molecular complexity index is 446. The highest BCUT2D eigenvalue weighted by molar-refractivity contribution is 5.91. The number of aromatic nitrogens is 2. The third kappa shape index (κ3) is 4.21. The highest BCUT2D eigenvalue weighted by Gasteiger charge is 2.24. The van der Waals surface area contributed by atoms with Gasteiger partial charge in [0.05, 0.1) is 11.4 Å². The molecule has 20 heavy (non-hydrogen) atoms. The highest BCUT2D eigenvalue weighted by atomic mass is 35.5. The Kier molecular flexibility index (Phi) is 6.49. The summed E-state index contributed by atoms with van der Waals surface area (Å²) >= 11 is 0. The van der Waals surface area contributed by atoms with Crippen LogP contribution in [0.2, 0.25) is 0 Å². The standard InChI is InChI=1S/C14H24N4O.ClH/c1-3-12-13(9-18(2)17-12)16-14(19)8-10-6-4-5-7-11(10)15;/h9-11H,3-8,15H2,1-2H3,(H,16,19);1H. The van der Waals surface area contributed by atoms with Gasteiger partial charge >= 0.3 is 0 Å². The van der Waals surface area contributed by atoms with Gasteiger partial charge in [-0.25, -0.2) is 0 Å². The van der Waals surface area contributed by atoms with Crippen molar-refractivity contribution >= 4 is 24.0 Å². The van der Waals surface area contributed by atoms with Crippen molar-refractivity contribution < 1.29 is 4.79 Å². The summed E-state index contributed by atoms with van der Waals surface area (Å²) < 4.78 is 1.74. The van der Waals surface area contributed by atoms with E-state index in [0.717, 1.165) is 30.6 Å². The summed E-state index contributed by atoms with van der Waals surface area (Å²) in [6.45, 7) is 2.04. The molecule has 0 aliphatic heterocycles. The molecular weight excluding hydrogens is 276 g/mol. The second-order valence-corrected chi connectivity index (χ2v) is 5.48. The van der Waals surface area contributed by atoms with Gasteiger partial charge in [-0.15, -0.1) is 12.4 Å². The van der Waals surface area contributed by atoms with Crippen molar-refractivity contribution in [3.63, 3.8) is 0 Å². The number of nitrogens with one attached hydrogen (secondary N) is 1. The Hall–Kier alpha value is -1.07. The van der Waals surface area contributed by atoms with Crippen LogP contribution in [0.5, 0.6) is 0 Å². The van der Waals surface area contributed by atoms with Crippen LogP contribution in [0.3, 0.4) is 0 Å². The normalized spacial score (nSPS) is 22.1. The molecular formula is C14H25ClN4O. The van der Waals surface area contributed by atoms with Crippen molar-refractivity contribution in [3.05, 3.63) is 11.9 Å². The minimum absolute atomic E-state index is 0. The maximum absolute atomic E-state index is 12.1. The van der Waals surface area contributed by atoms with E-state index >= 15 is 0 Å². The van der Waals surface area contributed by atoms with E-state index in [1.165, 1.54) is 12.8 Å². The fourth-order valence-electron chi connectivity index (χ4n) is 2.83. The molecule has 1 fully saturated rings. The van der Waals surface area contributed by atoms with Crippen LogP contribution in [0.4, 0.5) is 5.69 Å². The lowest BCUT2D eigenvalue weighted by molar-refractivity contribution is -0.117. The van der Waals surface area contributed by atoms with Crippen LogP contribution < -0.4 is 11.1 Å². The van der Waals surface area contributed by atoms with Gasteiger partial charge in [0.2, 0.25) is 5.91 Å². The molecule has 5 nitrogen and oxygen atoms in total. The van der Waals surface area contributed by atoms with Gasteiger partial charge in [-0.2, -0.15) is 5.10 Å². The van der Waals surface area contributed by atoms with Crippen molar-refractivity contribution in [2.24, 2.45) is 18.7 Å². The number of carbonyl (C=O) groups excluding carboxylic acids is 1. The number of rotatable bonds is 4. The van der Waals surface area contributed by atoms with Gasteiger partial charge in [-0.05, 0) is 25.2 Å². The van der Waals surface area contributed by atoms with E-state index in [4.69, 9.17) is 5.73 Å². The smallest absolute Gasteiger partial charge is 0.224 e. The van der Waals surface area contributed by atoms with Gasteiger partial charge in [0, 0.05) is 25.7 Å². The van der Waals surface area contributed by atoms with E-state index < -0.39 is 0 Å². The molecule has 1 saturated carbocycles. The second kappa shape index (κ2) is 7.64. The largest absolute Gasteiger partial charge is 0.327 e. The van der Waals surface area contributed by atoms with Crippen LogP contribution in [-0.4, -0.2) is 21.7 Å². The minimum atomic E-state index is 0. The zero-order chi connectivity index (χ0) is 13.8. The van der Waals surface area contributed by atoms with E-state index in [0.29, 0.717) is 12.3 Å². The molecule has 1 aromatic rings. The van der Waals surface area contributed by atoms with Crippen molar-refractivity contribution in [1.82, 2.24) is 9.78 Å². The topological polar surface area (TPSA) is 72.9 Å². The first-order chi connectivity index (χ1) is 9.10. The van der Waals surface area contributed by atoms with Gasteiger partial charge < -0.3 is 11.1 Å². The third-order valence-corrected chi connectivity index (χ3v) is 3.93. The first-order valence-corrected chi connectivity index (χ1v) is 7.18. The summed E-state index contributed by atoms with van der Waals surface area (Å²) in [6.07, 6.45) is 7.71. The molecule has 0 spiro atoms. The molecule has 3 N–H and O–H groups in total. The molecule has 2 rings (SSSR count). The van der Waals surface area contributed by atoms with Gasteiger partial charge in [0.15, 0.2) is 0 Å². The number of hydrogen-bond acceptors (Lipinski definition) is 3. The van der Waals surface area contributed by atoms with E-state index in [1.807, 2.05) is 20.2 Å². The molecule has 0 radical (unpaired) electrons. The number of halogens is 1. The lowest BCUT2D eigenvalue weighted by atomic mass is 9.83. The molecule has 1 aromatic heterocycles. The molecule has 0 bridgehead atoms. The average Bonchev–Trinajstić information content (AvgIpc) is 2.72. The summed E-state index contributed by atoms with van der Waals surface area (Å²) in [7, 11) is 1.87. The number of carbonyl (C=O) groups is 1. The molecule has 114 valence electrons. The summed E-state index contributed by atoms with van der Waals surface area (Å²) in [5, 5.41) is 7.29. The van der Waals surface area contributed by atoms with E-state index in [9.17, 15) is 4.79 Å². The molecule has 2 unspecified atom stereocenters. The molecule has 1 aliphatic carbocycles. The second-order valence-electron chi connectivity index (χ2n) is 5.48. The molecule has 1 aliphatic rings. The van der Waals surface area contributed by atoms with Gasteiger partial charge in [0.25, 0.3) is 0 Å². The summed E-state index contributed by atoms with van der Waals surface area (Å²) in [6, 6.07) is 0.180. The predicted molar refractivity (Wildman–Crippen MR) is 83.0 cm³/mol. The van der Waals surface area contributed by atoms with Crippen molar-refractivity contribution in [2.75, 3.05) is 5.32 Å². The quantitative estimate of drug-likeness (QED) is 0.896. The minimum Gasteiger partial charge on any atom is -0.327 e. The first-order valence-electron chi connectivity index (χ1n) is 7.18. The Morgan fingerprint density at radius 3 is 2.85 bits per heavy atom. The fourth-order valence-corrected chi connectivity index (χ4v) is 2.83. The number of nitrogens with zero attached hydrogens (tertiary/aromatic N) is 2. The molecule has 1 heterocycles. The van der Waals surface area contributed by atoms with Crippen LogP contribution in [0.1, 0.15) is 44.7 Å². The van der Waals surface area contributed by atoms with E-state index in [1.54, 1.807) is 4.68 Å². The molecule has 6 heteroatoms. The monoisotopic (exact) mass is 300 g/mol. The predicted octanol–water partition coefficient (Wildman–Crippen LogP) is 2.25. The SMILES string of the molecule is CCc1nn(C)cc1NC(=O)CC1CCCCC1N.Cl. The van der Waals surface area contributed by atoms with Crippen molar-refractivity contribution in [2.45, 2.75) is 51.5 Å². The fraction of sp³-hybridized carbons (Fsp3) is 0.714. The number of anilines is 1. The van der Waals surface area contributed by atoms with Crippen LogP contribution in [-0.2, 0) is 18.3 Å². The van der Waals surface area contributed by atoms with Crippen molar-refractivity contribution in [3.8, 4) is 0 Å². The van der Waals surface area contributed by atoms with Gasteiger partial charge in [-0.1, -0.05) is 19.8 Å². The Morgan fingerprint density at radius 1 is 1.50 bits per heavy atom. The highest BCUT2D eigenvalue weighted by Crippen LogP contribution is 2.26. The molecule has 2 atom stereocenters. The number of amides is 1. The van der Waals surface area contributed by atoms with Crippen LogP contribution in [0, 0.1) is 5.92 Å². The maximum atomic E-state index is 12.1. The zero-order valence-electron chi connectivity index (χ0n) is 12.3. The number of nitrogens with two attached hydrogens (primary N) is 1. The molecule has 0 aromatic carbocycles. The summed E-state index contributed by atoms with van der Waals surface area (Å²) in [5.74, 6) is 0.389. The Balaban J connectivity index is 0.00000200. The van der Waals surface area contributed by atoms with Gasteiger partial charge in [-0.3, -0.25) is 9.48 Å². The number of aryl methyl sites for hydroxylation is 2. The van der Waals surface area contributed by atoms with Crippen LogP contribution >= 0.6 is 12.4 Å². The third-order valence-electron chi connectivity index (χ3n) is 3.93. The van der Waals surface area contributed by atoms with Crippen LogP contribution in [0.25, 0.3) is 0 Å². The number of hydrogen-bond donors (Lipinski definition) is 2.